The van der Waals surface area contributed by atoms with Gasteiger partial charge in [0.25, 0.3) is 0 Å². The van der Waals surface area contributed by atoms with E-state index < -0.39 is 7.14 Å². The zero-order valence-electron chi connectivity index (χ0n) is 9.26. The third kappa shape index (κ3) is 6.09. The highest BCUT2D eigenvalue weighted by atomic mass is 31.2. The molecule has 0 heterocycles. The van der Waals surface area contributed by atoms with Crippen LogP contribution in [0.15, 0.2) is 48.6 Å². The molecule has 0 aliphatic rings. The molecule has 15 heavy (non-hydrogen) atoms. The van der Waals surface area contributed by atoms with Gasteiger partial charge < -0.3 is 4.57 Å². The molecule has 0 radical (unpaired) electrons. The van der Waals surface area contributed by atoms with E-state index in [0.717, 1.165) is 0 Å². The molecular weight excluding hydrogens is 203 g/mol. The summed E-state index contributed by atoms with van der Waals surface area (Å²) in [6.45, 7) is 3.61. The molecule has 1 rings (SSSR count). The number of hydrogen-bond acceptors (Lipinski definition) is 1. The number of rotatable bonds is 4. The largest absolute Gasteiger partial charge is 0.324 e. The van der Waals surface area contributed by atoms with Crippen LogP contribution in [0.4, 0.5) is 0 Å². The Bertz CT molecular complexity index is 384. The smallest absolute Gasteiger partial charge is 0.0855 e. The predicted molar refractivity (Wildman–Crippen MR) is 68.9 cm³/mol. The first-order chi connectivity index (χ1) is 7.08. The molecule has 0 spiro atoms. The van der Waals surface area contributed by atoms with Crippen molar-refractivity contribution in [2.24, 2.45) is 0 Å². The van der Waals surface area contributed by atoms with E-state index in [2.05, 4.69) is 12.1 Å². The highest BCUT2D eigenvalue weighted by Gasteiger charge is 2.01. The average Bonchev–Trinajstić information content (AvgIpc) is 2.17. The van der Waals surface area contributed by atoms with E-state index >= 15 is 0 Å². The van der Waals surface area contributed by atoms with E-state index in [9.17, 15) is 4.57 Å². The quantitative estimate of drug-likeness (QED) is 0.556. The average molecular weight is 220 g/mol. The second-order valence-electron chi connectivity index (χ2n) is 3.95. The van der Waals surface area contributed by atoms with E-state index in [1.54, 1.807) is 13.3 Å². The Hall–Kier alpha value is -1.07. The van der Waals surface area contributed by atoms with Crippen LogP contribution in [0.25, 0.3) is 6.08 Å². The van der Waals surface area contributed by atoms with E-state index in [-0.39, 0.29) is 0 Å². The zero-order valence-corrected chi connectivity index (χ0v) is 10.2. The van der Waals surface area contributed by atoms with E-state index in [1.807, 2.05) is 42.5 Å². The zero-order chi connectivity index (χ0) is 11.1. The van der Waals surface area contributed by atoms with Crippen LogP contribution in [0, 0.1) is 0 Å². The van der Waals surface area contributed by atoms with Gasteiger partial charge in [-0.15, -0.1) is 0 Å². The highest BCUT2D eigenvalue weighted by Crippen LogP contribution is 2.35. The van der Waals surface area contributed by atoms with E-state index in [1.165, 1.54) is 5.56 Å². The van der Waals surface area contributed by atoms with Crippen molar-refractivity contribution < 1.29 is 4.57 Å². The summed E-state index contributed by atoms with van der Waals surface area (Å²) in [6, 6.07) is 10.1. The van der Waals surface area contributed by atoms with E-state index in [0.29, 0.717) is 6.16 Å². The van der Waals surface area contributed by atoms with Gasteiger partial charge in [0.2, 0.25) is 0 Å². The molecule has 0 aromatic heterocycles. The van der Waals surface area contributed by atoms with Crippen LogP contribution in [0.2, 0.25) is 0 Å². The van der Waals surface area contributed by atoms with Gasteiger partial charge in [0.15, 0.2) is 0 Å². The molecule has 2 heteroatoms. The number of benzene rings is 1. The molecule has 1 aromatic rings. The molecule has 0 fully saturated rings. The van der Waals surface area contributed by atoms with Crippen LogP contribution >= 0.6 is 7.14 Å². The first-order valence-electron chi connectivity index (χ1n) is 5.00. The third-order valence-corrected chi connectivity index (χ3v) is 2.97. The van der Waals surface area contributed by atoms with Gasteiger partial charge in [-0.2, -0.15) is 0 Å². The van der Waals surface area contributed by atoms with Gasteiger partial charge in [0, 0.05) is 6.16 Å². The Morgan fingerprint density at radius 3 is 2.40 bits per heavy atom. The van der Waals surface area contributed by atoms with Crippen molar-refractivity contribution in [1.82, 2.24) is 0 Å². The van der Waals surface area contributed by atoms with Crippen LogP contribution in [-0.2, 0) is 4.57 Å². The fourth-order valence-corrected chi connectivity index (χ4v) is 1.75. The van der Waals surface area contributed by atoms with Gasteiger partial charge in [-0.05, 0) is 18.9 Å². The summed E-state index contributed by atoms with van der Waals surface area (Å²) < 4.78 is 11.4. The molecule has 0 atom stereocenters. The molecule has 1 nitrogen and oxygen atoms in total. The number of hydrogen-bond donors (Lipinski definition) is 0. The van der Waals surface area contributed by atoms with Crippen molar-refractivity contribution in [2.45, 2.75) is 0 Å². The van der Waals surface area contributed by atoms with Gasteiger partial charge in [0.05, 0.1) is 7.14 Å². The summed E-state index contributed by atoms with van der Waals surface area (Å²) in [6.07, 6.45) is 8.59. The molecule has 80 valence electrons. The maximum atomic E-state index is 11.4. The van der Waals surface area contributed by atoms with Gasteiger partial charge in [-0.25, -0.2) is 0 Å². The summed E-state index contributed by atoms with van der Waals surface area (Å²) in [5, 5.41) is 0. The maximum Gasteiger partial charge on any atom is 0.0855 e. The lowest BCUT2D eigenvalue weighted by molar-refractivity contribution is 0.584. The predicted octanol–water partition coefficient (Wildman–Crippen LogP) is 3.88. The molecule has 0 aliphatic heterocycles. The van der Waals surface area contributed by atoms with Gasteiger partial charge in [-0.1, -0.05) is 54.6 Å². The lowest BCUT2D eigenvalue weighted by atomic mass is 10.2. The molecule has 0 N–H and O–H groups in total. The molecule has 0 unspecified atom stereocenters. The van der Waals surface area contributed by atoms with Gasteiger partial charge >= 0.3 is 0 Å². The van der Waals surface area contributed by atoms with Crippen molar-refractivity contribution in [3.05, 3.63) is 54.1 Å². The Balaban J connectivity index is 2.44. The lowest BCUT2D eigenvalue weighted by Gasteiger charge is -1.98. The summed E-state index contributed by atoms with van der Waals surface area (Å²) in [5.74, 6) is 0. The topological polar surface area (TPSA) is 17.1 Å². The van der Waals surface area contributed by atoms with Crippen molar-refractivity contribution in [2.75, 3.05) is 19.5 Å². The maximum absolute atomic E-state index is 11.4. The van der Waals surface area contributed by atoms with Crippen LogP contribution < -0.4 is 0 Å². The van der Waals surface area contributed by atoms with Crippen molar-refractivity contribution in [3.8, 4) is 0 Å². The Morgan fingerprint density at radius 1 is 1.13 bits per heavy atom. The molecule has 0 amide bonds. The van der Waals surface area contributed by atoms with Crippen LogP contribution in [0.3, 0.4) is 0 Å². The Kier molecular flexibility index (Phi) is 4.58. The molecule has 0 bridgehead atoms. The highest BCUT2D eigenvalue weighted by molar-refractivity contribution is 7.62. The molecule has 0 saturated carbocycles. The van der Waals surface area contributed by atoms with Crippen LogP contribution in [0.1, 0.15) is 5.56 Å². The molecule has 0 aliphatic carbocycles. The summed E-state index contributed by atoms with van der Waals surface area (Å²) in [5.41, 5.74) is 1.18. The minimum Gasteiger partial charge on any atom is -0.324 e. The minimum absolute atomic E-state index is 0.673. The number of allylic oxidation sites excluding steroid dienone is 3. The van der Waals surface area contributed by atoms with Crippen molar-refractivity contribution in [3.63, 3.8) is 0 Å². The first-order valence-corrected chi connectivity index (χ1v) is 7.79. The normalized spacial score (nSPS) is 12.7. The van der Waals surface area contributed by atoms with Gasteiger partial charge in [-0.3, -0.25) is 0 Å². The fourth-order valence-electron chi connectivity index (χ4n) is 1.12. The van der Waals surface area contributed by atoms with Crippen molar-refractivity contribution in [1.29, 1.82) is 0 Å². The van der Waals surface area contributed by atoms with E-state index in [4.69, 9.17) is 0 Å². The van der Waals surface area contributed by atoms with Crippen LogP contribution in [0.5, 0.6) is 0 Å². The Labute approximate surface area is 91.9 Å². The lowest BCUT2D eigenvalue weighted by Crippen LogP contribution is -1.78. The fraction of sp³-hybridized carbons (Fsp3) is 0.231. The third-order valence-electron chi connectivity index (χ3n) is 1.88. The first kappa shape index (κ1) is 12.0. The second kappa shape index (κ2) is 5.72. The molecule has 1 aromatic carbocycles. The van der Waals surface area contributed by atoms with Gasteiger partial charge in [0.1, 0.15) is 0 Å². The van der Waals surface area contributed by atoms with Crippen molar-refractivity contribution >= 4 is 13.2 Å². The van der Waals surface area contributed by atoms with Crippen LogP contribution in [-0.4, -0.2) is 19.5 Å². The second-order valence-corrected chi connectivity index (χ2v) is 7.47. The monoisotopic (exact) mass is 220 g/mol. The summed E-state index contributed by atoms with van der Waals surface area (Å²) in [4.78, 5) is 0. The molecular formula is C13H17OP. The molecule has 0 saturated heterocycles. The summed E-state index contributed by atoms with van der Waals surface area (Å²) in [7, 11) is -1.90. The Morgan fingerprint density at radius 2 is 1.80 bits per heavy atom. The SMILES string of the molecule is CP(C)(=O)C/C=C/C=C/c1ccccc1. The standard InChI is InChI=1S/C13H17OP/c1-15(2,14)12-8-4-7-11-13-9-5-3-6-10-13/h3-11H,12H2,1-2H3/b8-4+,11-7+. The summed E-state index contributed by atoms with van der Waals surface area (Å²) >= 11 is 0. The minimum atomic E-state index is -1.90.